The van der Waals surface area contributed by atoms with E-state index in [-0.39, 0.29) is 5.92 Å². The van der Waals surface area contributed by atoms with Crippen molar-refractivity contribution in [2.75, 3.05) is 19.6 Å². The number of carbonyl (C=O) groups excluding carboxylic acids is 1. The second kappa shape index (κ2) is 9.72. The number of ketones is 1. The van der Waals surface area contributed by atoms with Crippen molar-refractivity contribution in [3.63, 3.8) is 0 Å². The van der Waals surface area contributed by atoms with Gasteiger partial charge in [0.05, 0.1) is 6.54 Å². The molecule has 0 fully saturated rings. The van der Waals surface area contributed by atoms with Crippen LogP contribution in [0.4, 0.5) is 0 Å². The molecule has 0 heterocycles. The Labute approximate surface area is 83.3 Å². The second-order valence-corrected chi connectivity index (χ2v) is 3.08. The number of hydrogen-bond acceptors (Lipinski definition) is 2. The summed E-state index contributed by atoms with van der Waals surface area (Å²) in [6.45, 7) is 14.6. The number of likely N-dealkylation sites (N-methyl/N-ethyl adjacent to an activating group) is 1. The topological polar surface area (TPSA) is 20.3 Å². The van der Waals surface area contributed by atoms with Gasteiger partial charge in [0.15, 0.2) is 0 Å². The lowest BCUT2D eigenvalue weighted by atomic mass is 10.1. The Morgan fingerprint density at radius 2 is 1.54 bits per heavy atom. The number of carbonyl (C=O) groups is 1. The highest BCUT2D eigenvalue weighted by molar-refractivity contribution is 5.82. The fourth-order valence-corrected chi connectivity index (χ4v) is 0.850. The fraction of sp³-hybridized carbons (Fsp3) is 0.909. The molecule has 2 heteroatoms. The molecule has 0 aromatic rings. The maximum absolute atomic E-state index is 11.2. The van der Waals surface area contributed by atoms with Gasteiger partial charge in [0.1, 0.15) is 5.78 Å². The standard InChI is InChI=1S/C9H19NO.C2H6/c1-5-10(6-2)7-9(11)8(3)4;1-2/h8H,5-7H2,1-4H3;1-2H3. The van der Waals surface area contributed by atoms with Gasteiger partial charge >= 0.3 is 0 Å². The van der Waals surface area contributed by atoms with E-state index in [1.54, 1.807) is 0 Å². The maximum atomic E-state index is 11.2. The minimum absolute atomic E-state index is 0.176. The third kappa shape index (κ3) is 7.97. The molecule has 0 atom stereocenters. The zero-order valence-electron chi connectivity index (χ0n) is 10.1. The van der Waals surface area contributed by atoms with Crippen molar-refractivity contribution in [3.05, 3.63) is 0 Å². The third-order valence-electron chi connectivity index (χ3n) is 1.92. The van der Waals surface area contributed by atoms with E-state index >= 15 is 0 Å². The van der Waals surface area contributed by atoms with E-state index in [9.17, 15) is 4.79 Å². The molecule has 0 bridgehead atoms. The van der Waals surface area contributed by atoms with Crippen LogP contribution in [-0.2, 0) is 4.79 Å². The van der Waals surface area contributed by atoms with E-state index in [4.69, 9.17) is 0 Å². The van der Waals surface area contributed by atoms with Crippen molar-refractivity contribution in [1.82, 2.24) is 4.90 Å². The molecule has 2 nitrogen and oxygen atoms in total. The Bertz CT molecular complexity index is 117. The molecule has 0 aliphatic rings. The van der Waals surface area contributed by atoms with Crippen molar-refractivity contribution < 1.29 is 4.79 Å². The monoisotopic (exact) mass is 187 g/mol. The normalized spacial score (nSPS) is 9.85. The van der Waals surface area contributed by atoms with E-state index in [0.29, 0.717) is 12.3 Å². The third-order valence-corrected chi connectivity index (χ3v) is 1.92. The summed E-state index contributed by atoms with van der Waals surface area (Å²) in [6.07, 6.45) is 0. The molecule has 0 rings (SSSR count). The van der Waals surface area contributed by atoms with Crippen LogP contribution in [0.1, 0.15) is 41.5 Å². The SMILES string of the molecule is CC.CCN(CC)CC(=O)C(C)C. The lowest BCUT2D eigenvalue weighted by Gasteiger charge is -2.17. The molecule has 13 heavy (non-hydrogen) atoms. The van der Waals surface area contributed by atoms with Crippen molar-refractivity contribution in [2.45, 2.75) is 41.5 Å². The van der Waals surface area contributed by atoms with Gasteiger partial charge < -0.3 is 0 Å². The zero-order chi connectivity index (χ0) is 10.9. The smallest absolute Gasteiger partial charge is 0.149 e. The summed E-state index contributed by atoms with van der Waals surface area (Å²) in [5, 5.41) is 0. The van der Waals surface area contributed by atoms with E-state index < -0.39 is 0 Å². The second-order valence-electron chi connectivity index (χ2n) is 3.08. The first-order chi connectivity index (χ1) is 6.11. The molecule has 0 amide bonds. The predicted octanol–water partition coefficient (Wildman–Crippen LogP) is 2.58. The highest BCUT2D eigenvalue weighted by Gasteiger charge is 2.10. The summed E-state index contributed by atoms with van der Waals surface area (Å²) in [4.78, 5) is 13.4. The first-order valence-electron chi connectivity index (χ1n) is 5.36. The van der Waals surface area contributed by atoms with E-state index in [1.807, 2.05) is 27.7 Å². The van der Waals surface area contributed by atoms with E-state index in [0.717, 1.165) is 13.1 Å². The quantitative estimate of drug-likeness (QED) is 0.659. The van der Waals surface area contributed by atoms with Crippen LogP contribution in [0.25, 0.3) is 0 Å². The highest BCUT2D eigenvalue weighted by Crippen LogP contribution is 1.97. The van der Waals surface area contributed by atoms with Gasteiger partial charge in [0.2, 0.25) is 0 Å². The minimum Gasteiger partial charge on any atom is -0.298 e. The molecule has 0 aromatic carbocycles. The van der Waals surface area contributed by atoms with Crippen LogP contribution in [0, 0.1) is 5.92 Å². The summed E-state index contributed by atoms with van der Waals surface area (Å²) in [7, 11) is 0. The van der Waals surface area contributed by atoms with E-state index in [1.165, 1.54) is 0 Å². The molecule has 0 aromatic heterocycles. The van der Waals surface area contributed by atoms with Gasteiger partial charge in [-0.2, -0.15) is 0 Å². The van der Waals surface area contributed by atoms with Crippen LogP contribution in [-0.4, -0.2) is 30.3 Å². The molecular weight excluding hydrogens is 162 g/mol. The van der Waals surface area contributed by atoms with Crippen LogP contribution < -0.4 is 0 Å². The van der Waals surface area contributed by atoms with Crippen molar-refractivity contribution in [2.24, 2.45) is 5.92 Å². The number of rotatable bonds is 5. The van der Waals surface area contributed by atoms with Crippen molar-refractivity contribution in [1.29, 1.82) is 0 Å². The molecule has 0 unspecified atom stereocenters. The van der Waals surface area contributed by atoms with Crippen LogP contribution in [0.2, 0.25) is 0 Å². The molecule has 0 spiro atoms. The van der Waals surface area contributed by atoms with Gasteiger partial charge in [-0.15, -0.1) is 0 Å². The number of nitrogens with zero attached hydrogens (tertiary/aromatic N) is 1. The Balaban J connectivity index is 0. The Kier molecular flexibility index (Phi) is 11.3. The lowest BCUT2D eigenvalue weighted by Crippen LogP contribution is -2.31. The Morgan fingerprint density at radius 1 is 1.15 bits per heavy atom. The average Bonchev–Trinajstić information content (AvgIpc) is 2.16. The summed E-state index contributed by atoms with van der Waals surface area (Å²) in [5.74, 6) is 0.518. The molecule has 0 radical (unpaired) electrons. The van der Waals surface area contributed by atoms with Crippen LogP contribution in [0.5, 0.6) is 0 Å². The lowest BCUT2D eigenvalue weighted by molar-refractivity contribution is -0.122. The number of Topliss-reactive ketones (excluding diaryl/α,β-unsaturated/α-hetero) is 1. The highest BCUT2D eigenvalue weighted by atomic mass is 16.1. The summed E-state index contributed by atoms with van der Waals surface area (Å²) in [6, 6.07) is 0. The Hall–Kier alpha value is -0.370. The van der Waals surface area contributed by atoms with Gasteiger partial charge in [0.25, 0.3) is 0 Å². The summed E-state index contributed by atoms with van der Waals surface area (Å²) >= 11 is 0. The fourth-order valence-electron chi connectivity index (χ4n) is 0.850. The maximum Gasteiger partial charge on any atom is 0.149 e. The molecule has 0 N–H and O–H groups in total. The van der Waals surface area contributed by atoms with E-state index in [2.05, 4.69) is 18.7 Å². The largest absolute Gasteiger partial charge is 0.298 e. The zero-order valence-corrected chi connectivity index (χ0v) is 10.1. The molecule has 0 aliphatic heterocycles. The summed E-state index contributed by atoms with van der Waals surface area (Å²) < 4.78 is 0. The van der Waals surface area contributed by atoms with Gasteiger partial charge in [-0.3, -0.25) is 9.69 Å². The van der Waals surface area contributed by atoms with Gasteiger partial charge in [-0.25, -0.2) is 0 Å². The number of hydrogen-bond donors (Lipinski definition) is 0. The van der Waals surface area contributed by atoms with Crippen molar-refractivity contribution >= 4 is 5.78 Å². The molecule has 0 saturated carbocycles. The molecular formula is C11H25NO. The average molecular weight is 187 g/mol. The molecule has 0 aliphatic carbocycles. The first-order valence-corrected chi connectivity index (χ1v) is 5.36. The predicted molar refractivity (Wildman–Crippen MR) is 59.0 cm³/mol. The molecule has 80 valence electrons. The Morgan fingerprint density at radius 3 is 1.77 bits per heavy atom. The molecule has 0 saturated heterocycles. The van der Waals surface area contributed by atoms with Crippen LogP contribution >= 0.6 is 0 Å². The van der Waals surface area contributed by atoms with Gasteiger partial charge in [-0.1, -0.05) is 41.5 Å². The van der Waals surface area contributed by atoms with Crippen LogP contribution in [0.3, 0.4) is 0 Å². The summed E-state index contributed by atoms with van der Waals surface area (Å²) in [5.41, 5.74) is 0. The first kappa shape index (κ1) is 15.1. The minimum atomic E-state index is 0.176. The van der Waals surface area contributed by atoms with Crippen molar-refractivity contribution in [3.8, 4) is 0 Å². The van der Waals surface area contributed by atoms with Crippen LogP contribution in [0.15, 0.2) is 0 Å². The van der Waals surface area contributed by atoms with Gasteiger partial charge in [-0.05, 0) is 13.1 Å². The van der Waals surface area contributed by atoms with Gasteiger partial charge in [0, 0.05) is 5.92 Å².